The smallest absolute Gasteiger partial charge is 0.412 e. The maximum absolute atomic E-state index is 11.7. The number of hydrogen-bond acceptors (Lipinski definition) is 6. The molecule has 0 fully saturated rings. The summed E-state index contributed by atoms with van der Waals surface area (Å²) in [6, 6.07) is 11.2. The molecule has 2 rings (SSSR count). The molecule has 0 radical (unpaired) electrons. The fraction of sp³-hybridized carbons (Fsp3) is 0.125. The lowest BCUT2D eigenvalue weighted by Crippen LogP contribution is -2.30. The van der Waals surface area contributed by atoms with Gasteiger partial charge in [0.05, 0.1) is 17.0 Å². The van der Waals surface area contributed by atoms with Gasteiger partial charge >= 0.3 is 12.1 Å². The zero-order valence-corrected chi connectivity index (χ0v) is 13.6. The number of amides is 1. The van der Waals surface area contributed by atoms with Gasteiger partial charge in [0.2, 0.25) is 0 Å². The molecule has 0 spiro atoms. The average molecular weight is 365 g/mol. The second-order valence-electron chi connectivity index (χ2n) is 4.71. The molecule has 0 aliphatic carbocycles. The number of rotatable bonds is 6. The number of nitrogens with one attached hydrogen (secondary N) is 1. The lowest BCUT2D eigenvalue weighted by molar-refractivity contribution is -0.384. The normalized spacial score (nSPS) is 9.96. The van der Waals surface area contributed by atoms with E-state index in [9.17, 15) is 19.7 Å². The van der Waals surface area contributed by atoms with Crippen molar-refractivity contribution in [3.8, 4) is 5.75 Å². The van der Waals surface area contributed by atoms with E-state index in [-0.39, 0.29) is 24.4 Å². The van der Waals surface area contributed by atoms with E-state index in [0.717, 1.165) is 0 Å². The van der Waals surface area contributed by atoms with Gasteiger partial charge in [0.25, 0.3) is 5.69 Å². The topological polar surface area (TPSA) is 108 Å². The number of benzene rings is 2. The molecule has 9 heteroatoms. The molecule has 0 unspecified atom stereocenters. The molecule has 130 valence electrons. The predicted octanol–water partition coefficient (Wildman–Crippen LogP) is 3.19. The van der Waals surface area contributed by atoms with E-state index in [1.807, 2.05) is 0 Å². The molecule has 1 N–H and O–H groups in total. The van der Waals surface area contributed by atoms with Crippen LogP contribution in [0.5, 0.6) is 5.75 Å². The summed E-state index contributed by atoms with van der Waals surface area (Å²) in [5.74, 6) is -0.326. The van der Waals surface area contributed by atoms with E-state index >= 15 is 0 Å². The number of nitrogens with zero attached hydrogens (tertiary/aromatic N) is 1. The number of ether oxygens (including phenoxy) is 2. The predicted molar refractivity (Wildman–Crippen MR) is 88.9 cm³/mol. The number of esters is 1. The Balaban J connectivity index is 1.71. The summed E-state index contributed by atoms with van der Waals surface area (Å²) in [6.45, 7) is -0.0311. The monoisotopic (exact) mass is 364 g/mol. The number of nitro benzene ring substituents is 1. The van der Waals surface area contributed by atoms with Crippen LogP contribution in [-0.4, -0.2) is 30.1 Å². The molecule has 2 aromatic carbocycles. The highest BCUT2D eigenvalue weighted by Gasteiger charge is 2.11. The number of carbonyl (C=O) groups is 2. The Bertz CT molecular complexity index is 761. The fourth-order valence-electron chi connectivity index (χ4n) is 1.75. The molecule has 0 atom stereocenters. The van der Waals surface area contributed by atoms with E-state index in [1.165, 1.54) is 36.4 Å². The molecule has 0 aliphatic rings. The van der Waals surface area contributed by atoms with Gasteiger partial charge in [-0.05, 0) is 36.4 Å². The first-order chi connectivity index (χ1) is 12.0. The van der Waals surface area contributed by atoms with Gasteiger partial charge in [-0.1, -0.05) is 11.6 Å². The van der Waals surface area contributed by atoms with Crippen molar-refractivity contribution < 1.29 is 24.0 Å². The SMILES string of the molecule is O=C(NCCOC(=O)c1ccc([N+](=O)[O-])cc1)Oc1ccc(Cl)cc1. The second kappa shape index (κ2) is 8.65. The molecule has 0 saturated carbocycles. The lowest BCUT2D eigenvalue weighted by Gasteiger charge is -2.07. The highest BCUT2D eigenvalue weighted by Crippen LogP contribution is 2.15. The first-order valence-corrected chi connectivity index (χ1v) is 7.46. The first-order valence-electron chi connectivity index (χ1n) is 7.08. The van der Waals surface area contributed by atoms with Crippen LogP contribution in [0.3, 0.4) is 0 Å². The summed E-state index contributed by atoms with van der Waals surface area (Å²) in [4.78, 5) is 33.3. The summed E-state index contributed by atoms with van der Waals surface area (Å²) in [7, 11) is 0. The zero-order chi connectivity index (χ0) is 18.2. The van der Waals surface area contributed by atoms with E-state index in [1.54, 1.807) is 12.1 Å². The van der Waals surface area contributed by atoms with Gasteiger partial charge < -0.3 is 14.8 Å². The van der Waals surface area contributed by atoms with Crippen molar-refractivity contribution in [2.45, 2.75) is 0 Å². The van der Waals surface area contributed by atoms with E-state index in [4.69, 9.17) is 21.1 Å². The highest BCUT2D eigenvalue weighted by atomic mass is 35.5. The third-order valence-corrected chi connectivity index (χ3v) is 3.19. The summed E-state index contributed by atoms with van der Waals surface area (Å²) in [5, 5.41) is 13.5. The van der Waals surface area contributed by atoms with Gasteiger partial charge in [-0.2, -0.15) is 0 Å². The van der Waals surface area contributed by atoms with Gasteiger partial charge in [0.1, 0.15) is 12.4 Å². The molecular weight excluding hydrogens is 352 g/mol. The van der Waals surface area contributed by atoms with Crippen LogP contribution in [-0.2, 0) is 4.74 Å². The Morgan fingerprint density at radius 3 is 2.32 bits per heavy atom. The van der Waals surface area contributed by atoms with E-state index in [2.05, 4.69) is 5.32 Å². The maximum atomic E-state index is 11.7. The van der Waals surface area contributed by atoms with Crippen LogP contribution in [0, 0.1) is 10.1 Å². The van der Waals surface area contributed by atoms with Crippen LogP contribution in [0.4, 0.5) is 10.5 Å². The molecule has 0 aliphatic heterocycles. The van der Waals surface area contributed by atoms with Crippen LogP contribution in [0.2, 0.25) is 5.02 Å². The molecule has 25 heavy (non-hydrogen) atoms. The van der Waals surface area contributed by atoms with Crippen LogP contribution >= 0.6 is 11.6 Å². The Labute approximate surface area is 147 Å². The summed E-state index contributed by atoms with van der Waals surface area (Å²) in [6.07, 6.45) is -0.700. The first kappa shape index (κ1) is 18.2. The molecule has 0 aromatic heterocycles. The quantitative estimate of drug-likeness (QED) is 0.365. The molecule has 2 aromatic rings. The van der Waals surface area contributed by atoms with Crippen molar-refractivity contribution in [1.29, 1.82) is 0 Å². The minimum atomic E-state index is -0.700. The molecular formula is C16H13ClN2O6. The largest absolute Gasteiger partial charge is 0.460 e. The van der Waals surface area contributed by atoms with Crippen LogP contribution in [0.25, 0.3) is 0 Å². The summed E-state index contributed by atoms with van der Waals surface area (Å²) < 4.78 is 9.93. The third kappa shape index (κ3) is 5.78. The van der Waals surface area contributed by atoms with Crippen LogP contribution < -0.4 is 10.1 Å². The minimum Gasteiger partial charge on any atom is -0.460 e. The van der Waals surface area contributed by atoms with Crippen molar-refractivity contribution in [3.05, 3.63) is 69.2 Å². The van der Waals surface area contributed by atoms with E-state index < -0.39 is 17.0 Å². The zero-order valence-electron chi connectivity index (χ0n) is 12.8. The summed E-state index contributed by atoms with van der Waals surface area (Å²) in [5.41, 5.74) is 0.0532. The summed E-state index contributed by atoms with van der Waals surface area (Å²) >= 11 is 5.72. The van der Waals surface area contributed by atoms with E-state index in [0.29, 0.717) is 10.8 Å². The van der Waals surface area contributed by atoms with Crippen LogP contribution in [0.15, 0.2) is 48.5 Å². The number of carbonyl (C=O) groups excluding carboxylic acids is 2. The van der Waals surface area contributed by atoms with Gasteiger partial charge in [-0.25, -0.2) is 9.59 Å². The molecule has 0 saturated heterocycles. The Morgan fingerprint density at radius 1 is 1.08 bits per heavy atom. The maximum Gasteiger partial charge on any atom is 0.412 e. The Morgan fingerprint density at radius 2 is 1.72 bits per heavy atom. The molecule has 0 bridgehead atoms. The van der Waals surface area contributed by atoms with Crippen molar-refractivity contribution in [3.63, 3.8) is 0 Å². The van der Waals surface area contributed by atoms with Gasteiger partial charge in [-0.15, -0.1) is 0 Å². The highest BCUT2D eigenvalue weighted by molar-refractivity contribution is 6.30. The van der Waals surface area contributed by atoms with Crippen molar-refractivity contribution in [2.24, 2.45) is 0 Å². The van der Waals surface area contributed by atoms with Crippen molar-refractivity contribution in [2.75, 3.05) is 13.2 Å². The number of non-ortho nitro benzene ring substituents is 1. The molecule has 8 nitrogen and oxygen atoms in total. The minimum absolute atomic E-state index is 0.0468. The number of halogens is 1. The number of hydrogen-bond donors (Lipinski definition) is 1. The van der Waals surface area contributed by atoms with Gasteiger partial charge in [0, 0.05) is 17.2 Å². The molecule has 1 amide bonds. The fourth-order valence-corrected chi connectivity index (χ4v) is 1.87. The Hall–Kier alpha value is -3.13. The molecule has 0 heterocycles. The average Bonchev–Trinajstić information content (AvgIpc) is 2.60. The Kier molecular flexibility index (Phi) is 6.30. The lowest BCUT2D eigenvalue weighted by atomic mass is 10.2. The van der Waals surface area contributed by atoms with Crippen molar-refractivity contribution in [1.82, 2.24) is 5.32 Å². The second-order valence-corrected chi connectivity index (χ2v) is 5.15. The number of nitro groups is 1. The van der Waals surface area contributed by atoms with Gasteiger partial charge in [0.15, 0.2) is 0 Å². The van der Waals surface area contributed by atoms with Crippen LogP contribution in [0.1, 0.15) is 10.4 Å². The standard InChI is InChI=1S/C16H13ClN2O6/c17-12-3-7-14(8-4-12)25-16(21)18-9-10-24-15(20)11-1-5-13(6-2-11)19(22)23/h1-8H,9-10H2,(H,18,21). The van der Waals surface area contributed by atoms with Gasteiger partial charge in [-0.3, -0.25) is 10.1 Å². The third-order valence-electron chi connectivity index (χ3n) is 2.94. The van der Waals surface area contributed by atoms with Crippen molar-refractivity contribution >= 4 is 29.4 Å².